The lowest BCUT2D eigenvalue weighted by atomic mass is 9.97. The van der Waals surface area contributed by atoms with Gasteiger partial charge >= 0.3 is 0 Å². The molecule has 1 unspecified atom stereocenters. The van der Waals surface area contributed by atoms with Gasteiger partial charge in [-0.3, -0.25) is 0 Å². The van der Waals surface area contributed by atoms with Gasteiger partial charge in [0.25, 0.3) is 0 Å². The molecule has 1 atom stereocenters. The minimum atomic E-state index is 0.593. The van der Waals surface area contributed by atoms with E-state index in [2.05, 4.69) is 76.0 Å². The maximum absolute atomic E-state index is 4.56. The van der Waals surface area contributed by atoms with Gasteiger partial charge in [0, 0.05) is 19.1 Å². The number of imidazole rings is 1. The summed E-state index contributed by atoms with van der Waals surface area (Å²) in [5.41, 5.74) is 3.85. The SMILES string of the molecule is CC(CCN1CCC(n2cnc3ccccc32)CC1)c1ccccc1. The molecule has 0 saturated carbocycles. The third-order valence-electron chi connectivity index (χ3n) is 5.68. The van der Waals surface area contributed by atoms with Gasteiger partial charge in [-0.15, -0.1) is 0 Å². The first kappa shape index (κ1) is 16.3. The maximum Gasteiger partial charge on any atom is 0.0960 e. The highest BCUT2D eigenvalue weighted by atomic mass is 15.2. The smallest absolute Gasteiger partial charge is 0.0960 e. The zero-order chi connectivity index (χ0) is 17.1. The van der Waals surface area contributed by atoms with Crippen molar-refractivity contribution in [3.8, 4) is 0 Å². The van der Waals surface area contributed by atoms with Crippen LogP contribution in [0.25, 0.3) is 11.0 Å². The summed E-state index contributed by atoms with van der Waals surface area (Å²) in [5, 5.41) is 0. The highest BCUT2D eigenvalue weighted by molar-refractivity contribution is 5.75. The highest BCUT2D eigenvalue weighted by Gasteiger charge is 2.22. The van der Waals surface area contributed by atoms with Crippen LogP contribution < -0.4 is 0 Å². The average molecular weight is 333 g/mol. The first-order valence-corrected chi connectivity index (χ1v) is 9.50. The molecule has 1 aliphatic rings. The molecule has 3 nitrogen and oxygen atoms in total. The fraction of sp³-hybridized carbons (Fsp3) is 0.409. The molecule has 0 bridgehead atoms. The minimum absolute atomic E-state index is 0.593. The van der Waals surface area contributed by atoms with Gasteiger partial charge < -0.3 is 9.47 Å². The van der Waals surface area contributed by atoms with Crippen LogP contribution in [0.3, 0.4) is 0 Å². The van der Waals surface area contributed by atoms with Crippen molar-refractivity contribution in [2.24, 2.45) is 0 Å². The summed E-state index contributed by atoms with van der Waals surface area (Å²) in [5.74, 6) is 0.636. The Balaban J connectivity index is 1.31. The molecule has 1 saturated heterocycles. The summed E-state index contributed by atoms with van der Waals surface area (Å²) < 4.78 is 2.39. The minimum Gasteiger partial charge on any atom is -0.327 e. The Hall–Kier alpha value is -2.13. The monoisotopic (exact) mass is 333 g/mol. The zero-order valence-corrected chi connectivity index (χ0v) is 15.0. The molecule has 0 amide bonds. The van der Waals surface area contributed by atoms with Crippen molar-refractivity contribution in [1.82, 2.24) is 14.5 Å². The topological polar surface area (TPSA) is 21.1 Å². The second kappa shape index (κ2) is 7.40. The molecule has 130 valence electrons. The van der Waals surface area contributed by atoms with E-state index in [1.54, 1.807) is 0 Å². The molecule has 1 aromatic heterocycles. The van der Waals surface area contributed by atoms with Crippen LogP contribution in [-0.4, -0.2) is 34.1 Å². The van der Waals surface area contributed by atoms with Gasteiger partial charge in [0.05, 0.1) is 17.4 Å². The lowest BCUT2D eigenvalue weighted by Crippen LogP contribution is -2.35. The molecule has 1 aliphatic heterocycles. The van der Waals surface area contributed by atoms with Crippen molar-refractivity contribution in [2.45, 2.75) is 38.1 Å². The van der Waals surface area contributed by atoms with Crippen LogP contribution in [-0.2, 0) is 0 Å². The molecule has 1 fully saturated rings. The van der Waals surface area contributed by atoms with Crippen molar-refractivity contribution < 1.29 is 0 Å². The van der Waals surface area contributed by atoms with Crippen LogP contribution in [0.15, 0.2) is 60.9 Å². The number of likely N-dealkylation sites (tertiary alicyclic amines) is 1. The van der Waals surface area contributed by atoms with E-state index >= 15 is 0 Å². The summed E-state index contributed by atoms with van der Waals surface area (Å²) in [7, 11) is 0. The Morgan fingerprint density at radius 2 is 1.72 bits per heavy atom. The van der Waals surface area contributed by atoms with Crippen molar-refractivity contribution >= 4 is 11.0 Å². The lowest BCUT2D eigenvalue weighted by molar-refractivity contribution is 0.184. The van der Waals surface area contributed by atoms with Crippen LogP contribution in [0.4, 0.5) is 0 Å². The predicted molar refractivity (Wildman–Crippen MR) is 104 cm³/mol. The Morgan fingerprint density at radius 1 is 1.00 bits per heavy atom. The lowest BCUT2D eigenvalue weighted by Gasteiger charge is -2.33. The van der Waals surface area contributed by atoms with Gasteiger partial charge in [-0.1, -0.05) is 49.4 Å². The third kappa shape index (κ3) is 3.62. The average Bonchev–Trinajstić information content (AvgIpc) is 3.11. The number of hydrogen-bond donors (Lipinski definition) is 0. The molecule has 2 aromatic carbocycles. The molecule has 3 aromatic rings. The Kier molecular flexibility index (Phi) is 4.84. The van der Waals surface area contributed by atoms with Gasteiger partial charge in [0.1, 0.15) is 0 Å². The zero-order valence-electron chi connectivity index (χ0n) is 15.0. The third-order valence-corrected chi connectivity index (χ3v) is 5.68. The van der Waals surface area contributed by atoms with E-state index in [0.29, 0.717) is 12.0 Å². The number of benzene rings is 2. The quantitative estimate of drug-likeness (QED) is 0.664. The second-order valence-electron chi connectivity index (χ2n) is 7.31. The van der Waals surface area contributed by atoms with Gasteiger partial charge in [-0.2, -0.15) is 0 Å². The van der Waals surface area contributed by atoms with E-state index in [-0.39, 0.29) is 0 Å². The van der Waals surface area contributed by atoms with Crippen molar-refractivity contribution in [3.05, 3.63) is 66.5 Å². The predicted octanol–water partition coefficient (Wildman–Crippen LogP) is 4.87. The summed E-state index contributed by atoms with van der Waals surface area (Å²) >= 11 is 0. The molecular weight excluding hydrogens is 306 g/mol. The van der Waals surface area contributed by atoms with E-state index in [1.165, 1.54) is 50.0 Å². The van der Waals surface area contributed by atoms with Crippen LogP contribution in [0.1, 0.15) is 43.7 Å². The van der Waals surface area contributed by atoms with E-state index in [1.807, 2.05) is 6.33 Å². The van der Waals surface area contributed by atoms with Crippen LogP contribution in [0.2, 0.25) is 0 Å². The molecule has 2 heterocycles. The Bertz CT molecular complexity index is 800. The summed E-state index contributed by atoms with van der Waals surface area (Å²) in [6.45, 7) is 5.94. The Morgan fingerprint density at radius 3 is 2.52 bits per heavy atom. The standard InChI is InChI=1S/C22H27N3/c1-18(19-7-3-2-4-8-19)11-14-24-15-12-20(13-16-24)25-17-23-21-9-5-6-10-22(21)25/h2-10,17-18,20H,11-16H2,1H3. The number of nitrogens with zero attached hydrogens (tertiary/aromatic N) is 3. The van der Waals surface area contributed by atoms with Crippen molar-refractivity contribution in [1.29, 1.82) is 0 Å². The normalized spacial score (nSPS) is 17.8. The first-order chi connectivity index (χ1) is 12.3. The number of rotatable bonds is 5. The number of para-hydroxylation sites is 2. The molecule has 0 spiro atoms. The van der Waals surface area contributed by atoms with Crippen molar-refractivity contribution in [3.63, 3.8) is 0 Å². The molecule has 4 rings (SSSR count). The molecule has 0 radical (unpaired) electrons. The number of fused-ring (bicyclic) bond motifs is 1. The van der Waals surface area contributed by atoms with Gasteiger partial charge in [0.15, 0.2) is 0 Å². The molecule has 0 N–H and O–H groups in total. The molecule has 3 heteroatoms. The molecular formula is C22H27N3. The highest BCUT2D eigenvalue weighted by Crippen LogP contribution is 2.27. The number of piperidine rings is 1. The summed E-state index contributed by atoms with van der Waals surface area (Å²) in [6.07, 6.45) is 5.71. The first-order valence-electron chi connectivity index (χ1n) is 9.50. The number of aromatic nitrogens is 2. The van der Waals surface area contributed by atoms with Crippen LogP contribution >= 0.6 is 0 Å². The molecule has 0 aliphatic carbocycles. The van der Waals surface area contributed by atoms with E-state index < -0.39 is 0 Å². The van der Waals surface area contributed by atoms with Gasteiger partial charge in [0.2, 0.25) is 0 Å². The molecule has 25 heavy (non-hydrogen) atoms. The van der Waals surface area contributed by atoms with E-state index in [9.17, 15) is 0 Å². The Labute approximate surface area is 150 Å². The summed E-state index contributed by atoms with van der Waals surface area (Å²) in [6, 6.07) is 20.0. The van der Waals surface area contributed by atoms with E-state index in [4.69, 9.17) is 0 Å². The van der Waals surface area contributed by atoms with Gasteiger partial charge in [-0.25, -0.2) is 4.98 Å². The summed E-state index contributed by atoms with van der Waals surface area (Å²) in [4.78, 5) is 7.19. The van der Waals surface area contributed by atoms with Gasteiger partial charge in [-0.05, 0) is 49.4 Å². The van der Waals surface area contributed by atoms with Crippen LogP contribution in [0, 0.1) is 0 Å². The largest absolute Gasteiger partial charge is 0.327 e. The fourth-order valence-corrected chi connectivity index (χ4v) is 4.01. The van der Waals surface area contributed by atoms with E-state index in [0.717, 1.165) is 5.52 Å². The maximum atomic E-state index is 4.56. The van der Waals surface area contributed by atoms with Crippen molar-refractivity contribution in [2.75, 3.05) is 19.6 Å². The van der Waals surface area contributed by atoms with Crippen LogP contribution in [0.5, 0.6) is 0 Å². The fourth-order valence-electron chi connectivity index (χ4n) is 4.01. The number of hydrogen-bond acceptors (Lipinski definition) is 2. The second-order valence-corrected chi connectivity index (χ2v) is 7.31.